The van der Waals surface area contributed by atoms with E-state index >= 15 is 0 Å². The largest absolute Gasteiger partial charge is 0.486 e. The van der Waals surface area contributed by atoms with Crippen molar-refractivity contribution >= 4 is 10.0 Å². The van der Waals surface area contributed by atoms with E-state index in [1.54, 1.807) is 4.31 Å². The van der Waals surface area contributed by atoms with Crippen LogP contribution in [0.3, 0.4) is 0 Å². The maximum absolute atomic E-state index is 12.3. The van der Waals surface area contributed by atoms with Crippen LogP contribution in [0.25, 0.3) is 0 Å². The molecule has 0 N–H and O–H groups in total. The molecule has 0 aliphatic carbocycles. The fourth-order valence-corrected chi connectivity index (χ4v) is 6.56. The van der Waals surface area contributed by atoms with E-state index in [-0.39, 0.29) is 12.1 Å². The summed E-state index contributed by atoms with van der Waals surface area (Å²) in [6.07, 6.45) is 5.37. The first-order valence-electron chi connectivity index (χ1n) is 9.64. The second-order valence-corrected chi connectivity index (χ2v) is 9.97. The molecule has 1 aromatic carbocycles. The highest BCUT2D eigenvalue weighted by Gasteiger charge is 2.45. The number of benzene rings is 1. The standard InChI is InChI=1S/C19H26N2O4S/c1-26(22,23)21-5-2-3-14-12-20-6-4-13-9-18-19(25-8-7-24-18)10-15(13)17(20)11-16(14)21/h9-10,14,16-17H,2-8,11-12H2,1H3/t14-,16+,17-/m1/s1. The molecule has 0 unspecified atom stereocenters. The molecule has 0 spiro atoms. The minimum Gasteiger partial charge on any atom is -0.486 e. The fraction of sp³-hybridized carbons (Fsp3) is 0.684. The molecule has 0 bridgehead atoms. The summed E-state index contributed by atoms with van der Waals surface area (Å²) in [5, 5.41) is 0. The Balaban J connectivity index is 1.50. The molecule has 6 nitrogen and oxygen atoms in total. The highest BCUT2D eigenvalue weighted by Crippen LogP contribution is 2.46. The lowest BCUT2D eigenvalue weighted by atomic mass is 9.77. The molecule has 1 aromatic rings. The third kappa shape index (κ3) is 2.72. The number of hydrogen-bond acceptors (Lipinski definition) is 5. The number of fused-ring (bicyclic) bond motifs is 5. The van der Waals surface area contributed by atoms with Gasteiger partial charge in [-0.3, -0.25) is 4.90 Å². The lowest BCUT2D eigenvalue weighted by molar-refractivity contribution is 0.0219. The fourth-order valence-electron chi connectivity index (χ4n) is 5.35. The van der Waals surface area contributed by atoms with E-state index in [0.717, 1.165) is 50.3 Å². The number of hydrogen-bond donors (Lipinski definition) is 0. The first-order chi connectivity index (χ1) is 12.5. The van der Waals surface area contributed by atoms with E-state index < -0.39 is 10.0 Å². The Bertz CT molecular complexity index is 825. The third-order valence-corrected chi connectivity index (χ3v) is 7.80. The summed E-state index contributed by atoms with van der Waals surface area (Å²) in [6, 6.07) is 4.69. The van der Waals surface area contributed by atoms with Crippen molar-refractivity contribution < 1.29 is 17.9 Å². The van der Waals surface area contributed by atoms with Crippen LogP contribution in [0, 0.1) is 5.92 Å². The molecule has 4 aliphatic rings. The van der Waals surface area contributed by atoms with Crippen LogP contribution >= 0.6 is 0 Å². The van der Waals surface area contributed by atoms with Crippen LogP contribution in [-0.2, 0) is 16.4 Å². The normalized spacial score (nSPS) is 31.7. The summed E-state index contributed by atoms with van der Waals surface area (Å²) in [5.74, 6) is 2.14. The highest BCUT2D eigenvalue weighted by atomic mass is 32.2. The lowest BCUT2D eigenvalue weighted by Crippen LogP contribution is -2.57. The van der Waals surface area contributed by atoms with Crippen molar-refractivity contribution in [2.24, 2.45) is 5.92 Å². The highest BCUT2D eigenvalue weighted by molar-refractivity contribution is 7.88. The van der Waals surface area contributed by atoms with Crippen molar-refractivity contribution in [1.82, 2.24) is 9.21 Å². The Morgan fingerprint density at radius 2 is 1.88 bits per heavy atom. The van der Waals surface area contributed by atoms with Crippen molar-refractivity contribution in [3.05, 3.63) is 23.3 Å². The van der Waals surface area contributed by atoms with Crippen molar-refractivity contribution in [1.29, 1.82) is 0 Å². The van der Waals surface area contributed by atoms with Gasteiger partial charge in [-0.05, 0) is 54.9 Å². The topological polar surface area (TPSA) is 59.1 Å². The summed E-state index contributed by atoms with van der Waals surface area (Å²) in [6.45, 7) is 3.90. The number of piperidine rings is 2. The van der Waals surface area contributed by atoms with E-state index in [2.05, 4.69) is 17.0 Å². The predicted octanol–water partition coefficient (Wildman–Crippen LogP) is 1.80. The molecule has 0 aromatic heterocycles. The predicted molar refractivity (Wildman–Crippen MR) is 98.1 cm³/mol. The molecule has 0 radical (unpaired) electrons. The average molecular weight is 378 g/mol. The van der Waals surface area contributed by atoms with E-state index in [0.29, 0.717) is 25.7 Å². The number of sulfonamides is 1. The van der Waals surface area contributed by atoms with Crippen LogP contribution in [0.15, 0.2) is 12.1 Å². The van der Waals surface area contributed by atoms with Crippen molar-refractivity contribution in [3.8, 4) is 11.5 Å². The van der Waals surface area contributed by atoms with E-state index in [1.165, 1.54) is 17.4 Å². The zero-order valence-electron chi connectivity index (χ0n) is 15.2. The average Bonchev–Trinajstić information content (AvgIpc) is 2.63. The Morgan fingerprint density at radius 3 is 2.65 bits per heavy atom. The summed E-state index contributed by atoms with van der Waals surface area (Å²) in [4.78, 5) is 2.56. The number of nitrogens with zero attached hydrogens (tertiary/aromatic N) is 2. The Hall–Kier alpha value is -1.31. The van der Waals surface area contributed by atoms with Gasteiger partial charge in [0.25, 0.3) is 0 Å². The van der Waals surface area contributed by atoms with Crippen LogP contribution in [0.4, 0.5) is 0 Å². The molecule has 142 valence electrons. The van der Waals surface area contributed by atoms with Crippen LogP contribution in [0.5, 0.6) is 11.5 Å². The van der Waals surface area contributed by atoms with Gasteiger partial charge in [0.15, 0.2) is 11.5 Å². The maximum atomic E-state index is 12.3. The zero-order valence-corrected chi connectivity index (χ0v) is 16.0. The Morgan fingerprint density at radius 1 is 1.12 bits per heavy atom. The minimum atomic E-state index is -3.16. The van der Waals surface area contributed by atoms with Gasteiger partial charge in [0.2, 0.25) is 10.0 Å². The first-order valence-corrected chi connectivity index (χ1v) is 11.5. The Kier molecular flexibility index (Phi) is 3.95. The lowest BCUT2D eigenvalue weighted by Gasteiger charge is -2.51. The summed E-state index contributed by atoms with van der Waals surface area (Å²) in [7, 11) is -3.16. The van der Waals surface area contributed by atoms with Crippen molar-refractivity contribution in [2.45, 2.75) is 37.8 Å². The number of ether oxygens (including phenoxy) is 2. The Labute approximate surface area is 155 Å². The smallest absolute Gasteiger partial charge is 0.211 e. The molecule has 4 heterocycles. The van der Waals surface area contributed by atoms with Gasteiger partial charge in [0, 0.05) is 31.7 Å². The van der Waals surface area contributed by atoms with Crippen LogP contribution in [-0.4, -0.2) is 62.8 Å². The summed E-state index contributed by atoms with van der Waals surface area (Å²) in [5.41, 5.74) is 2.63. The van der Waals surface area contributed by atoms with Crippen LogP contribution in [0.2, 0.25) is 0 Å². The van der Waals surface area contributed by atoms with Gasteiger partial charge >= 0.3 is 0 Å². The SMILES string of the molecule is CS(=O)(=O)N1CCC[C@@H]2CN3CCc4cc5c(cc4[C@H]3C[C@@H]21)OCCO5. The number of rotatable bonds is 1. The zero-order chi connectivity index (χ0) is 17.9. The monoisotopic (exact) mass is 378 g/mol. The van der Waals surface area contributed by atoms with Crippen molar-refractivity contribution in [2.75, 3.05) is 39.1 Å². The molecular weight excluding hydrogens is 352 g/mol. The second-order valence-electron chi connectivity index (χ2n) is 8.03. The molecule has 5 rings (SSSR count). The minimum absolute atomic E-state index is 0.124. The van der Waals surface area contributed by atoms with Gasteiger partial charge < -0.3 is 9.47 Å². The van der Waals surface area contributed by atoms with Gasteiger partial charge in [-0.15, -0.1) is 0 Å². The van der Waals surface area contributed by atoms with Crippen molar-refractivity contribution in [3.63, 3.8) is 0 Å². The second kappa shape index (κ2) is 6.11. The third-order valence-electron chi connectivity index (χ3n) is 6.50. The van der Waals surface area contributed by atoms with E-state index in [4.69, 9.17) is 9.47 Å². The van der Waals surface area contributed by atoms with Gasteiger partial charge in [-0.1, -0.05) is 0 Å². The quantitative estimate of drug-likeness (QED) is 0.746. The van der Waals surface area contributed by atoms with E-state index in [9.17, 15) is 8.42 Å². The molecular formula is C19H26N2O4S. The molecule has 3 atom stereocenters. The van der Waals surface area contributed by atoms with Crippen LogP contribution in [0.1, 0.15) is 36.4 Å². The molecule has 0 amide bonds. The van der Waals surface area contributed by atoms with Gasteiger partial charge in [0.1, 0.15) is 13.2 Å². The first kappa shape index (κ1) is 16.8. The van der Waals surface area contributed by atoms with Gasteiger partial charge in [0.05, 0.1) is 6.26 Å². The summed E-state index contributed by atoms with van der Waals surface area (Å²) >= 11 is 0. The summed E-state index contributed by atoms with van der Waals surface area (Å²) < 4.78 is 37.9. The van der Waals surface area contributed by atoms with Gasteiger partial charge in [-0.2, -0.15) is 4.31 Å². The molecule has 26 heavy (non-hydrogen) atoms. The van der Waals surface area contributed by atoms with Crippen LogP contribution < -0.4 is 9.47 Å². The molecule has 4 aliphatic heterocycles. The molecule has 2 fully saturated rings. The van der Waals surface area contributed by atoms with E-state index in [1.807, 2.05) is 0 Å². The van der Waals surface area contributed by atoms with Gasteiger partial charge in [-0.25, -0.2) is 8.42 Å². The maximum Gasteiger partial charge on any atom is 0.211 e. The molecule has 7 heteroatoms. The molecule has 2 saturated heterocycles. The molecule has 0 saturated carbocycles.